The Kier molecular flexibility index (Phi) is 10.8. The average molecular weight is 560 g/mol. The lowest BCUT2D eigenvalue weighted by molar-refractivity contribution is -0.187. The van der Waals surface area contributed by atoms with E-state index in [1.807, 2.05) is 17.0 Å². The van der Waals surface area contributed by atoms with Crippen molar-refractivity contribution in [3.05, 3.63) is 23.3 Å². The van der Waals surface area contributed by atoms with Crippen LogP contribution < -0.4 is 9.80 Å². The first-order valence-corrected chi connectivity index (χ1v) is 14.0. The third-order valence-electron chi connectivity index (χ3n) is 8.48. The molecule has 0 radical (unpaired) electrons. The first-order chi connectivity index (χ1) is 17.6. The molecule has 216 valence electrons. The number of anilines is 2. The van der Waals surface area contributed by atoms with Crippen LogP contribution in [0.15, 0.2) is 12.1 Å². The second-order valence-electron chi connectivity index (χ2n) is 11.5. The predicted molar refractivity (Wildman–Crippen MR) is 151 cm³/mol. The largest absolute Gasteiger partial charge is 0.393 e. The number of piperazine rings is 2. The van der Waals surface area contributed by atoms with Gasteiger partial charge in [-0.2, -0.15) is 13.2 Å². The summed E-state index contributed by atoms with van der Waals surface area (Å²) in [5, 5.41) is 0. The van der Waals surface area contributed by atoms with E-state index in [2.05, 4.69) is 47.3 Å². The van der Waals surface area contributed by atoms with Crippen LogP contribution in [0.3, 0.4) is 0 Å². The topological polar surface area (TPSA) is 33.3 Å². The molecule has 0 aliphatic carbocycles. The Balaban J connectivity index is 0.00000400. The molecular formula is C28H45ClF3N5O. The smallest absolute Gasteiger partial charge is 0.367 e. The molecule has 3 heterocycles. The van der Waals surface area contributed by atoms with Gasteiger partial charge >= 0.3 is 6.18 Å². The van der Waals surface area contributed by atoms with Gasteiger partial charge < -0.3 is 9.80 Å². The number of piperidine rings is 1. The second kappa shape index (κ2) is 13.2. The molecule has 6 nitrogen and oxygen atoms in total. The maximum absolute atomic E-state index is 13.5. The minimum atomic E-state index is -4.16. The van der Waals surface area contributed by atoms with E-state index in [1.54, 1.807) is 0 Å². The Hall–Kier alpha value is -1.55. The van der Waals surface area contributed by atoms with Gasteiger partial charge in [-0.25, -0.2) is 0 Å². The Labute approximate surface area is 232 Å². The van der Waals surface area contributed by atoms with Crippen LogP contribution in [0.5, 0.6) is 0 Å². The second-order valence-corrected chi connectivity index (χ2v) is 11.5. The molecule has 4 rings (SSSR count). The molecule has 10 heteroatoms. The highest BCUT2D eigenvalue weighted by molar-refractivity contribution is 5.93. The zero-order valence-electron chi connectivity index (χ0n) is 23.3. The molecule has 38 heavy (non-hydrogen) atoms. The first kappa shape index (κ1) is 31.0. The molecule has 0 N–H and O–H groups in total. The van der Waals surface area contributed by atoms with Crippen LogP contribution in [0.1, 0.15) is 56.5 Å². The summed E-state index contributed by atoms with van der Waals surface area (Å²) in [5.41, 5.74) is 3.74. The zero-order chi connectivity index (χ0) is 26.7. The molecule has 0 bridgehead atoms. The number of benzene rings is 1. The standard InChI is InChI=1S/C28H44F3N5O.ClH/c1-21(2)33-10-14-35(15-11-33)26-23(18-32-9-5-6-25(19-32)28(29,30)31)7-8-24(20-37)27(26)36-16-12-34(13-17-36)22(3)4;/h7-8,20-22,25H,5-6,9-19H2,1-4H3;1H. The van der Waals surface area contributed by atoms with Crippen molar-refractivity contribution in [2.45, 2.75) is 65.3 Å². The summed E-state index contributed by atoms with van der Waals surface area (Å²) in [5.74, 6) is -1.27. The van der Waals surface area contributed by atoms with Crippen molar-refractivity contribution in [3.8, 4) is 0 Å². The van der Waals surface area contributed by atoms with Crippen molar-refractivity contribution in [3.63, 3.8) is 0 Å². The number of halogens is 4. The fourth-order valence-electron chi connectivity index (χ4n) is 6.18. The normalized spacial score (nSPS) is 22.7. The third-order valence-corrected chi connectivity index (χ3v) is 8.48. The van der Waals surface area contributed by atoms with E-state index in [0.29, 0.717) is 37.2 Å². The summed E-state index contributed by atoms with van der Waals surface area (Å²) in [6.07, 6.45) is -2.44. The van der Waals surface area contributed by atoms with Gasteiger partial charge in [0.15, 0.2) is 6.29 Å². The van der Waals surface area contributed by atoms with Crippen molar-refractivity contribution in [2.75, 3.05) is 75.2 Å². The van der Waals surface area contributed by atoms with Gasteiger partial charge in [-0.05, 0) is 58.7 Å². The number of nitrogens with zero attached hydrogens (tertiary/aromatic N) is 5. The summed E-state index contributed by atoms with van der Waals surface area (Å²) in [7, 11) is 0. The number of carbonyl (C=O) groups excluding carboxylic acids is 1. The molecule has 3 saturated heterocycles. The first-order valence-electron chi connectivity index (χ1n) is 14.0. The van der Waals surface area contributed by atoms with Gasteiger partial charge in [0.1, 0.15) is 0 Å². The van der Waals surface area contributed by atoms with E-state index in [1.165, 1.54) is 0 Å². The van der Waals surface area contributed by atoms with E-state index in [-0.39, 0.29) is 25.4 Å². The molecule has 3 aliphatic rings. The lowest BCUT2D eigenvalue weighted by Crippen LogP contribution is -2.51. The van der Waals surface area contributed by atoms with Gasteiger partial charge in [0, 0.05) is 83.1 Å². The Morgan fingerprint density at radius 3 is 1.84 bits per heavy atom. The molecule has 1 unspecified atom stereocenters. The predicted octanol–water partition coefficient (Wildman–Crippen LogP) is 4.76. The Morgan fingerprint density at radius 1 is 0.842 bits per heavy atom. The summed E-state index contributed by atoms with van der Waals surface area (Å²) in [6, 6.07) is 4.81. The van der Waals surface area contributed by atoms with Crippen LogP contribution in [0.25, 0.3) is 0 Å². The van der Waals surface area contributed by atoms with Gasteiger partial charge in [0.2, 0.25) is 0 Å². The average Bonchev–Trinajstić information content (AvgIpc) is 2.88. The Morgan fingerprint density at radius 2 is 1.37 bits per heavy atom. The summed E-state index contributed by atoms with van der Waals surface area (Å²) in [4.78, 5) is 23.9. The van der Waals surface area contributed by atoms with E-state index in [0.717, 1.165) is 75.6 Å². The van der Waals surface area contributed by atoms with Crippen LogP contribution >= 0.6 is 12.4 Å². The minimum absolute atomic E-state index is 0. The number of likely N-dealkylation sites (tertiary alicyclic amines) is 1. The van der Waals surface area contributed by atoms with Crippen LogP contribution in [-0.4, -0.2) is 105 Å². The number of carbonyl (C=O) groups is 1. The quantitative estimate of drug-likeness (QED) is 0.448. The van der Waals surface area contributed by atoms with E-state index in [4.69, 9.17) is 0 Å². The molecule has 1 atom stereocenters. The molecule has 0 saturated carbocycles. The van der Waals surface area contributed by atoms with E-state index in [9.17, 15) is 18.0 Å². The monoisotopic (exact) mass is 559 g/mol. The molecule has 1 aromatic carbocycles. The van der Waals surface area contributed by atoms with Crippen molar-refractivity contribution in [2.24, 2.45) is 5.92 Å². The number of rotatable bonds is 7. The van der Waals surface area contributed by atoms with Gasteiger partial charge in [-0.3, -0.25) is 19.5 Å². The lowest BCUT2D eigenvalue weighted by Gasteiger charge is -2.44. The fourth-order valence-corrected chi connectivity index (χ4v) is 6.18. The molecule has 3 fully saturated rings. The highest BCUT2D eigenvalue weighted by Crippen LogP contribution is 2.40. The highest BCUT2D eigenvalue weighted by atomic mass is 35.5. The molecule has 1 aromatic rings. The number of hydrogen-bond donors (Lipinski definition) is 0. The number of alkyl halides is 3. The van der Waals surface area contributed by atoms with Crippen LogP contribution in [-0.2, 0) is 6.54 Å². The zero-order valence-corrected chi connectivity index (χ0v) is 24.2. The van der Waals surface area contributed by atoms with Crippen molar-refractivity contribution >= 4 is 30.1 Å². The summed E-state index contributed by atoms with van der Waals surface area (Å²) >= 11 is 0. The van der Waals surface area contributed by atoms with Crippen molar-refractivity contribution < 1.29 is 18.0 Å². The number of aldehydes is 1. The molecular weight excluding hydrogens is 515 g/mol. The van der Waals surface area contributed by atoms with E-state index < -0.39 is 12.1 Å². The molecule has 3 aliphatic heterocycles. The van der Waals surface area contributed by atoms with Crippen LogP contribution in [0.4, 0.5) is 24.5 Å². The summed E-state index contributed by atoms with van der Waals surface area (Å²) in [6.45, 7) is 17.1. The maximum Gasteiger partial charge on any atom is 0.393 e. The maximum atomic E-state index is 13.5. The van der Waals surface area contributed by atoms with Crippen molar-refractivity contribution in [1.82, 2.24) is 14.7 Å². The lowest BCUT2D eigenvalue weighted by atomic mass is 9.96. The van der Waals surface area contributed by atoms with Crippen LogP contribution in [0, 0.1) is 5.92 Å². The third kappa shape index (κ3) is 7.14. The molecule has 0 aromatic heterocycles. The van der Waals surface area contributed by atoms with Crippen LogP contribution in [0.2, 0.25) is 0 Å². The van der Waals surface area contributed by atoms with Gasteiger partial charge in [0.25, 0.3) is 0 Å². The Bertz CT molecular complexity index is 912. The molecule has 0 amide bonds. The van der Waals surface area contributed by atoms with E-state index >= 15 is 0 Å². The summed E-state index contributed by atoms with van der Waals surface area (Å²) < 4.78 is 40.6. The van der Waals surface area contributed by atoms with Gasteiger partial charge in [0.05, 0.1) is 17.3 Å². The fraction of sp³-hybridized carbons (Fsp3) is 0.750. The molecule has 0 spiro atoms. The minimum Gasteiger partial charge on any atom is -0.367 e. The SMILES string of the molecule is CC(C)N1CCN(c2c(C=O)ccc(CN3CCCC(C(F)(F)F)C3)c2N2CCN(C(C)C)CC2)CC1.Cl. The van der Waals surface area contributed by atoms with Gasteiger partial charge in [-0.15, -0.1) is 12.4 Å². The van der Waals surface area contributed by atoms with Crippen molar-refractivity contribution in [1.29, 1.82) is 0 Å². The highest BCUT2D eigenvalue weighted by Gasteiger charge is 2.42. The number of hydrogen-bond acceptors (Lipinski definition) is 6. The van der Waals surface area contributed by atoms with Gasteiger partial charge in [-0.1, -0.05) is 6.07 Å².